The monoisotopic (exact) mass is 517 g/mol. The second kappa shape index (κ2) is 10.7. The van der Waals surface area contributed by atoms with Gasteiger partial charge in [0.05, 0.1) is 19.6 Å². The van der Waals surface area contributed by atoms with Gasteiger partial charge in [-0.25, -0.2) is 4.98 Å². The molecule has 1 N–H and O–H groups in total. The Morgan fingerprint density at radius 1 is 1.08 bits per heavy atom. The maximum absolute atomic E-state index is 13.1. The Balaban J connectivity index is 1.47. The first kappa shape index (κ1) is 24.9. The summed E-state index contributed by atoms with van der Waals surface area (Å²) in [6.07, 6.45) is 2.55. The molecule has 0 unspecified atom stereocenters. The number of halogens is 1. The van der Waals surface area contributed by atoms with E-state index in [9.17, 15) is 9.59 Å². The van der Waals surface area contributed by atoms with Crippen LogP contribution >= 0.6 is 11.6 Å². The third-order valence-electron chi connectivity index (χ3n) is 6.54. The quantitative estimate of drug-likeness (QED) is 0.418. The van der Waals surface area contributed by atoms with Crippen molar-refractivity contribution in [3.8, 4) is 11.1 Å². The molecule has 0 bridgehead atoms. The van der Waals surface area contributed by atoms with Crippen LogP contribution in [0, 0.1) is 0 Å². The highest BCUT2D eigenvalue weighted by atomic mass is 35.5. The maximum atomic E-state index is 13.1. The molecule has 9 heteroatoms. The summed E-state index contributed by atoms with van der Waals surface area (Å²) in [6.45, 7) is 2.22. The van der Waals surface area contributed by atoms with Crippen LogP contribution < -0.4 is 0 Å². The number of morpholine rings is 1. The fourth-order valence-corrected chi connectivity index (χ4v) is 4.74. The number of carbonyl (C=O) groups excluding carboxylic acids is 2. The molecule has 1 fully saturated rings. The molecular weight excluding hydrogens is 490 g/mol. The number of amides is 2. The molecule has 2 aromatic heterocycles. The van der Waals surface area contributed by atoms with Gasteiger partial charge in [0.15, 0.2) is 5.65 Å². The second-order valence-electron chi connectivity index (χ2n) is 9.35. The zero-order chi connectivity index (χ0) is 25.9. The number of nitrogens with one attached hydrogen (secondary N) is 1. The fourth-order valence-electron chi connectivity index (χ4n) is 4.53. The van der Waals surface area contributed by atoms with Crippen LogP contribution in [0.3, 0.4) is 0 Å². The Morgan fingerprint density at radius 3 is 2.65 bits per heavy atom. The van der Waals surface area contributed by atoms with Gasteiger partial charge in [-0.15, -0.1) is 0 Å². The molecule has 0 aliphatic carbocycles. The number of nitrogens with zero attached hydrogens (tertiary/aromatic N) is 4. The number of pyridine rings is 1. The van der Waals surface area contributed by atoms with E-state index in [0.717, 1.165) is 27.8 Å². The first-order valence-corrected chi connectivity index (χ1v) is 12.5. The topological polar surface area (TPSA) is 91.4 Å². The van der Waals surface area contributed by atoms with Crippen LogP contribution in [0.4, 0.5) is 0 Å². The number of H-pyrrole nitrogens is 1. The van der Waals surface area contributed by atoms with E-state index in [4.69, 9.17) is 16.3 Å². The van der Waals surface area contributed by atoms with Crippen molar-refractivity contribution >= 4 is 34.4 Å². The third kappa shape index (κ3) is 5.50. The Morgan fingerprint density at radius 2 is 1.89 bits per heavy atom. The van der Waals surface area contributed by atoms with Gasteiger partial charge in [-0.05, 0) is 41.0 Å². The summed E-state index contributed by atoms with van der Waals surface area (Å²) >= 11 is 6.16. The van der Waals surface area contributed by atoms with Crippen LogP contribution in [0.5, 0.6) is 0 Å². The molecule has 5 rings (SSSR count). The van der Waals surface area contributed by atoms with Crippen LogP contribution in [-0.4, -0.2) is 77.2 Å². The van der Waals surface area contributed by atoms with Gasteiger partial charge in [-0.2, -0.15) is 5.10 Å². The minimum atomic E-state index is -0.148. The SMILES string of the molecule is CN(C)C(=O)c1cc(-c2cnc3n[nH]c(Cc4cccc(Cl)c4)c3c2)ccc1CC(=O)N1CCOCC1. The van der Waals surface area contributed by atoms with Crippen molar-refractivity contribution in [1.29, 1.82) is 0 Å². The van der Waals surface area contributed by atoms with Crippen LogP contribution in [0.2, 0.25) is 5.02 Å². The summed E-state index contributed by atoms with van der Waals surface area (Å²) in [4.78, 5) is 33.9. The molecule has 8 nitrogen and oxygen atoms in total. The average molecular weight is 518 g/mol. The van der Waals surface area contributed by atoms with E-state index in [1.54, 1.807) is 25.2 Å². The standard InChI is InChI=1S/C28H28ClN5O3/c1-33(2)28(36)23-14-19(6-7-20(23)16-26(35)34-8-10-37-11-9-34)21-15-24-25(31-32-27(24)30-17-21)13-18-4-3-5-22(29)12-18/h3-7,12,14-15,17H,8-11,13,16H2,1-2H3,(H,30,31,32). The van der Waals surface area contributed by atoms with E-state index in [1.165, 1.54) is 4.90 Å². The summed E-state index contributed by atoms with van der Waals surface area (Å²) in [7, 11) is 3.42. The van der Waals surface area contributed by atoms with Gasteiger partial charge >= 0.3 is 0 Å². The average Bonchev–Trinajstić information content (AvgIpc) is 3.30. The molecule has 2 amide bonds. The highest BCUT2D eigenvalue weighted by Crippen LogP contribution is 2.28. The highest BCUT2D eigenvalue weighted by molar-refractivity contribution is 6.30. The zero-order valence-corrected chi connectivity index (χ0v) is 21.6. The molecule has 0 atom stereocenters. The Labute approximate surface area is 220 Å². The molecule has 0 spiro atoms. The summed E-state index contributed by atoms with van der Waals surface area (Å²) in [5.41, 5.74) is 5.55. The van der Waals surface area contributed by atoms with Gasteiger partial charge in [0, 0.05) is 67.0 Å². The van der Waals surface area contributed by atoms with Crippen molar-refractivity contribution in [1.82, 2.24) is 25.0 Å². The van der Waals surface area contributed by atoms with Crippen LogP contribution in [0.1, 0.15) is 27.2 Å². The van der Waals surface area contributed by atoms with Crippen molar-refractivity contribution < 1.29 is 14.3 Å². The molecule has 1 aliphatic heterocycles. The molecule has 1 saturated heterocycles. The summed E-state index contributed by atoms with van der Waals surface area (Å²) < 4.78 is 5.36. The molecule has 37 heavy (non-hydrogen) atoms. The lowest BCUT2D eigenvalue weighted by Crippen LogP contribution is -2.41. The number of ether oxygens (including phenoxy) is 1. The number of hydrogen-bond acceptors (Lipinski definition) is 5. The van der Waals surface area contributed by atoms with Crippen molar-refractivity contribution in [3.63, 3.8) is 0 Å². The molecule has 4 aromatic rings. The normalized spacial score (nSPS) is 13.6. The minimum Gasteiger partial charge on any atom is -0.378 e. The predicted molar refractivity (Wildman–Crippen MR) is 143 cm³/mol. The van der Waals surface area contributed by atoms with E-state index in [1.807, 2.05) is 48.5 Å². The molecule has 0 radical (unpaired) electrons. The van der Waals surface area contributed by atoms with Gasteiger partial charge in [-0.3, -0.25) is 14.7 Å². The van der Waals surface area contributed by atoms with E-state index in [-0.39, 0.29) is 18.2 Å². The van der Waals surface area contributed by atoms with Crippen molar-refractivity contribution in [3.05, 3.63) is 82.1 Å². The number of carbonyl (C=O) groups is 2. The number of aromatic amines is 1. The number of benzene rings is 2. The van der Waals surface area contributed by atoms with Crippen LogP contribution in [-0.2, 0) is 22.4 Å². The first-order valence-electron chi connectivity index (χ1n) is 12.2. The summed E-state index contributed by atoms with van der Waals surface area (Å²) in [5, 5.41) is 9.04. The smallest absolute Gasteiger partial charge is 0.253 e. The Kier molecular flexibility index (Phi) is 7.21. The summed E-state index contributed by atoms with van der Waals surface area (Å²) in [6, 6.07) is 15.4. The van der Waals surface area contributed by atoms with Crippen LogP contribution in [0.25, 0.3) is 22.2 Å². The van der Waals surface area contributed by atoms with E-state index < -0.39 is 0 Å². The number of aromatic nitrogens is 3. The molecule has 1 aliphatic rings. The van der Waals surface area contributed by atoms with E-state index in [0.29, 0.717) is 54.5 Å². The maximum Gasteiger partial charge on any atom is 0.253 e. The Hall–Kier alpha value is -3.75. The van der Waals surface area contributed by atoms with E-state index in [2.05, 4.69) is 15.2 Å². The Bertz CT molecular complexity index is 1460. The van der Waals surface area contributed by atoms with Crippen LogP contribution in [0.15, 0.2) is 54.7 Å². The summed E-state index contributed by atoms with van der Waals surface area (Å²) in [5.74, 6) is -0.151. The lowest BCUT2D eigenvalue weighted by Gasteiger charge is -2.27. The van der Waals surface area contributed by atoms with Gasteiger partial charge in [0.1, 0.15) is 0 Å². The third-order valence-corrected chi connectivity index (χ3v) is 6.78. The molecule has 2 aromatic carbocycles. The van der Waals surface area contributed by atoms with Gasteiger partial charge in [0.25, 0.3) is 5.91 Å². The molecule has 3 heterocycles. The van der Waals surface area contributed by atoms with Gasteiger partial charge < -0.3 is 14.5 Å². The van der Waals surface area contributed by atoms with Gasteiger partial charge in [-0.1, -0.05) is 35.9 Å². The predicted octanol–water partition coefficient (Wildman–Crippen LogP) is 3.97. The number of fused-ring (bicyclic) bond motifs is 1. The van der Waals surface area contributed by atoms with Gasteiger partial charge in [0.2, 0.25) is 5.91 Å². The molecular formula is C28H28ClN5O3. The van der Waals surface area contributed by atoms with Crippen molar-refractivity contribution in [2.45, 2.75) is 12.8 Å². The lowest BCUT2D eigenvalue weighted by molar-refractivity contribution is -0.134. The number of hydrogen-bond donors (Lipinski definition) is 1. The number of rotatable bonds is 6. The first-order chi connectivity index (χ1) is 17.9. The molecule has 0 saturated carbocycles. The largest absolute Gasteiger partial charge is 0.378 e. The van der Waals surface area contributed by atoms with Crippen molar-refractivity contribution in [2.75, 3.05) is 40.4 Å². The lowest BCUT2D eigenvalue weighted by atomic mass is 9.96. The zero-order valence-electron chi connectivity index (χ0n) is 20.8. The van der Waals surface area contributed by atoms with Crippen molar-refractivity contribution in [2.24, 2.45) is 0 Å². The highest BCUT2D eigenvalue weighted by Gasteiger charge is 2.22. The fraction of sp³-hybridized carbons (Fsp3) is 0.286. The van der Waals surface area contributed by atoms with E-state index >= 15 is 0 Å². The second-order valence-corrected chi connectivity index (χ2v) is 9.78. The molecule has 190 valence electrons. The minimum absolute atomic E-state index is 0.00371.